The van der Waals surface area contributed by atoms with E-state index in [0.717, 1.165) is 0 Å². The van der Waals surface area contributed by atoms with E-state index in [-0.39, 0.29) is 5.56 Å². The molecule has 1 aromatic carbocycles. The molecule has 0 aliphatic rings. The molecule has 1 aromatic rings. The molecular formula is C10H9FOS. The van der Waals surface area contributed by atoms with Crippen LogP contribution in [0.25, 0.3) is 6.08 Å². The smallest absolute Gasteiger partial charge is 0.153 e. The Hall–Kier alpha value is -1.09. The highest BCUT2D eigenvalue weighted by atomic mass is 32.1. The molecule has 0 bridgehead atoms. The van der Waals surface area contributed by atoms with Gasteiger partial charge in [0.1, 0.15) is 5.82 Å². The molecule has 0 spiro atoms. The van der Waals surface area contributed by atoms with Gasteiger partial charge in [-0.2, -0.15) is 12.6 Å². The predicted molar refractivity (Wildman–Crippen MR) is 54.7 cm³/mol. The molecule has 0 atom stereocenters. The summed E-state index contributed by atoms with van der Waals surface area (Å²) in [4.78, 5) is 10.4. The minimum absolute atomic E-state index is 0.0846. The Morgan fingerprint density at radius 3 is 2.69 bits per heavy atom. The van der Waals surface area contributed by atoms with Crippen LogP contribution in [-0.4, -0.2) is 12.0 Å². The summed E-state index contributed by atoms with van der Waals surface area (Å²) >= 11 is 3.96. The number of aldehydes is 1. The van der Waals surface area contributed by atoms with Gasteiger partial charge in [0, 0.05) is 11.3 Å². The van der Waals surface area contributed by atoms with Crippen molar-refractivity contribution in [3.8, 4) is 0 Å². The summed E-state index contributed by atoms with van der Waals surface area (Å²) in [5.74, 6) is 0.0700. The van der Waals surface area contributed by atoms with Crippen LogP contribution in [0.1, 0.15) is 15.9 Å². The Labute approximate surface area is 81.7 Å². The molecule has 68 valence electrons. The van der Waals surface area contributed by atoms with Crippen molar-refractivity contribution in [3.63, 3.8) is 0 Å². The van der Waals surface area contributed by atoms with Gasteiger partial charge < -0.3 is 0 Å². The fourth-order valence-electron chi connectivity index (χ4n) is 0.968. The van der Waals surface area contributed by atoms with E-state index in [1.165, 1.54) is 6.07 Å². The molecule has 1 rings (SSSR count). The van der Waals surface area contributed by atoms with Crippen LogP contribution in [0, 0.1) is 5.82 Å². The van der Waals surface area contributed by atoms with Gasteiger partial charge in [-0.1, -0.05) is 24.3 Å². The molecule has 0 aliphatic carbocycles. The minimum atomic E-state index is -0.476. The van der Waals surface area contributed by atoms with Gasteiger partial charge in [-0.3, -0.25) is 4.79 Å². The summed E-state index contributed by atoms with van der Waals surface area (Å²) in [5, 5.41) is 0. The lowest BCUT2D eigenvalue weighted by molar-refractivity contribution is 0.112. The van der Waals surface area contributed by atoms with E-state index >= 15 is 0 Å². The summed E-state index contributed by atoms with van der Waals surface area (Å²) < 4.78 is 13.3. The first-order valence-corrected chi connectivity index (χ1v) is 4.44. The molecule has 0 radical (unpaired) electrons. The van der Waals surface area contributed by atoms with Crippen molar-refractivity contribution >= 4 is 25.0 Å². The molecule has 0 saturated heterocycles. The number of thiol groups is 1. The number of hydrogen-bond acceptors (Lipinski definition) is 2. The Morgan fingerprint density at radius 1 is 1.38 bits per heavy atom. The van der Waals surface area contributed by atoms with Crippen LogP contribution in [0.5, 0.6) is 0 Å². The average Bonchev–Trinajstić information content (AvgIpc) is 2.16. The lowest BCUT2D eigenvalue weighted by atomic mass is 10.1. The van der Waals surface area contributed by atoms with E-state index in [4.69, 9.17) is 0 Å². The molecule has 13 heavy (non-hydrogen) atoms. The van der Waals surface area contributed by atoms with Gasteiger partial charge in [-0.05, 0) is 6.07 Å². The number of carbonyl (C=O) groups is 1. The molecule has 3 heteroatoms. The summed E-state index contributed by atoms with van der Waals surface area (Å²) in [6, 6.07) is 4.70. The Morgan fingerprint density at radius 2 is 2.08 bits per heavy atom. The van der Waals surface area contributed by atoms with Gasteiger partial charge in [0.15, 0.2) is 6.29 Å². The summed E-state index contributed by atoms with van der Waals surface area (Å²) in [5.41, 5.74) is 0.500. The predicted octanol–water partition coefficient (Wildman–Crippen LogP) is 2.58. The van der Waals surface area contributed by atoms with Gasteiger partial charge in [0.25, 0.3) is 0 Å². The summed E-state index contributed by atoms with van der Waals surface area (Å²) in [6.45, 7) is 0. The van der Waals surface area contributed by atoms with E-state index in [0.29, 0.717) is 17.6 Å². The van der Waals surface area contributed by atoms with Crippen LogP contribution in [0.4, 0.5) is 4.39 Å². The SMILES string of the molecule is O=Cc1cccc(C=CCS)c1F. The highest BCUT2D eigenvalue weighted by molar-refractivity contribution is 7.80. The second-order valence-corrected chi connectivity index (χ2v) is 2.82. The fourth-order valence-corrected chi connectivity index (χ4v) is 1.07. The maximum atomic E-state index is 13.3. The Balaban J connectivity index is 3.08. The van der Waals surface area contributed by atoms with E-state index in [2.05, 4.69) is 12.6 Å². The largest absolute Gasteiger partial charge is 0.298 e. The Kier molecular flexibility index (Phi) is 3.71. The average molecular weight is 196 g/mol. The van der Waals surface area contributed by atoms with Crippen molar-refractivity contribution in [1.29, 1.82) is 0 Å². The van der Waals surface area contributed by atoms with E-state index < -0.39 is 5.82 Å². The quantitative estimate of drug-likeness (QED) is 0.581. The molecule has 0 fully saturated rings. The fraction of sp³-hybridized carbons (Fsp3) is 0.100. The molecule has 0 aromatic heterocycles. The van der Waals surface area contributed by atoms with Crippen LogP contribution < -0.4 is 0 Å². The molecular weight excluding hydrogens is 187 g/mol. The second kappa shape index (κ2) is 4.82. The number of carbonyl (C=O) groups excluding carboxylic acids is 1. The van der Waals surface area contributed by atoms with E-state index in [9.17, 15) is 9.18 Å². The molecule has 0 amide bonds. The second-order valence-electron chi connectivity index (χ2n) is 2.45. The third kappa shape index (κ3) is 2.42. The van der Waals surface area contributed by atoms with E-state index in [1.807, 2.05) is 0 Å². The van der Waals surface area contributed by atoms with Gasteiger partial charge in [0.2, 0.25) is 0 Å². The zero-order valence-electron chi connectivity index (χ0n) is 6.90. The first-order chi connectivity index (χ1) is 6.29. The molecule has 0 saturated carbocycles. The van der Waals surface area contributed by atoms with Gasteiger partial charge in [0.05, 0.1) is 5.56 Å². The Bertz CT molecular complexity index is 334. The van der Waals surface area contributed by atoms with Crippen LogP contribution in [0.15, 0.2) is 24.3 Å². The molecule has 0 aliphatic heterocycles. The molecule has 1 nitrogen and oxygen atoms in total. The molecule has 0 N–H and O–H groups in total. The van der Waals surface area contributed by atoms with Crippen molar-refractivity contribution in [2.24, 2.45) is 0 Å². The van der Waals surface area contributed by atoms with Crippen molar-refractivity contribution in [3.05, 3.63) is 41.2 Å². The topological polar surface area (TPSA) is 17.1 Å². The maximum absolute atomic E-state index is 13.3. The first kappa shape index (κ1) is 9.99. The third-order valence-corrected chi connectivity index (χ3v) is 1.80. The van der Waals surface area contributed by atoms with Crippen LogP contribution in [-0.2, 0) is 0 Å². The summed E-state index contributed by atoms with van der Waals surface area (Å²) in [7, 11) is 0. The van der Waals surface area contributed by atoms with Crippen molar-refractivity contribution in [2.45, 2.75) is 0 Å². The summed E-state index contributed by atoms with van der Waals surface area (Å²) in [6.07, 6.45) is 3.83. The highest BCUT2D eigenvalue weighted by Gasteiger charge is 2.03. The third-order valence-electron chi connectivity index (χ3n) is 1.59. The van der Waals surface area contributed by atoms with Gasteiger partial charge >= 0.3 is 0 Å². The number of benzene rings is 1. The van der Waals surface area contributed by atoms with Crippen molar-refractivity contribution < 1.29 is 9.18 Å². The monoisotopic (exact) mass is 196 g/mol. The zero-order valence-corrected chi connectivity index (χ0v) is 7.80. The maximum Gasteiger partial charge on any atom is 0.153 e. The van der Waals surface area contributed by atoms with E-state index in [1.54, 1.807) is 24.3 Å². The molecule has 0 heterocycles. The van der Waals surface area contributed by atoms with Gasteiger partial charge in [-0.25, -0.2) is 4.39 Å². The zero-order chi connectivity index (χ0) is 9.68. The number of halogens is 1. The lowest BCUT2D eigenvalue weighted by Crippen LogP contribution is -1.90. The normalized spacial score (nSPS) is 10.6. The lowest BCUT2D eigenvalue weighted by Gasteiger charge is -1.98. The van der Waals surface area contributed by atoms with Crippen LogP contribution in [0.2, 0.25) is 0 Å². The number of rotatable bonds is 3. The van der Waals surface area contributed by atoms with Crippen molar-refractivity contribution in [2.75, 3.05) is 5.75 Å². The van der Waals surface area contributed by atoms with Crippen LogP contribution >= 0.6 is 12.6 Å². The molecule has 0 unspecified atom stereocenters. The number of hydrogen-bond donors (Lipinski definition) is 1. The van der Waals surface area contributed by atoms with Crippen LogP contribution in [0.3, 0.4) is 0 Å². The first-order valence-electron chi connectivity index (χ1n) is 3.80. The standard InChI is InChI=1S/C10H9FOS/c11-10-8(5-2-6-13)3-1-4-9(10)7-12/h1-5,7,13H,6H2. The van der Waals surface area contributed by atoms with Crippen molar-refractivity contribution in [1.82, 2.24) is 0 Å². The van der Waals surface area contributed by atoms with Gasteiger partial charge in [-0.15, -0.1) is 0 Å². The minimum Gasteiger partial charge on any atom is -0.298 e. The highest BCUT2D eigenvalue weighted by Crippen LogP contribution is 2.12.